The van der Waals surface area contributed by atoms with Gasteiger partial charge in [0, 0.05) is 43.8 Å². The molecule has 3 saturated heterocycles. The number of alkyl halides is 3. The number of piperidine rings is 1. The van der Waals surface area contributed by atoms with E-state index in [4.69, 9.17) is 4.42 Å². The highest BCUT2D eigenvalue weighted by molar-refractivity contribution is 5.16. The Kier molecular flexibility index (Phi) is 3.98. The normalized spacial score (nSPS) is 26.2. The third kappa shape index (κ3) is 3.45. The fraction of sp³-hybridized carbons (Fsp3) is 0.611. The Morgan fingerprint density at radius 3 is 2.48 bits per heavy atom. The van der Waals surface area contributed by atoms with E-state index in [1.54, 1.807) is 0 Å². The van der Waals surface area contributed by atoms with Crippen LogP contribution in [-0.4, -0.2) is 50.2 Å². The number of hydrogen-bond acceptors (Lipinski definition) is 6. The van der Waals surface area contributed by atoms with Gasteiger partial charge >= 0.3 is 6.18 Å². The summed E-state index contributed by atoms with van der Waals surface area (Å²) in [4.78, 5) is 8.22. The number of pyridine rings is 1. The molecule has 0 aromatic carbocycles. The Balaban J connectivity index is 1.16. The van der Waals surface area contributed by atoms with E-state index in [-0.39, 0.29) is 0 Å². The first-order valence-electron chi connectivity index (χ1n) is 9.28. The first-order valence-corrected chi connectivity index (χ1v) is 9.28. The highest BCUT2D eigenvalue weighted by atomic mass is 19.4. The van der Waals surface area contributed by atoms with Crippen molar-refractivity contribution in [2.45, 2.75) is 56.5 Å². The maximum atomic E-state index is 12.6. The van der Waals surface area contributed by atoms with Gasteiger partial charge in [-0.2, -0.15) is 13.2 Å². The predicted octanol–water partition coefficient (Wildman–Crippen LogP) is 2.82. The molecule has 2 aromatic heterocycles. The van der Waals surface area contributed by atoms with Crippen molar-refractivity contribution < 1.29 is 17.6 Å². The van der Waals surface area contributed by atoms with E-state index < -0.39 is 11.9 Å². The van der Waals surface area contributed by atoms with Gasteiger partial charge < -0.3 is 4.42 Å². The van der Waals surface area contributed by atoms with Crippen LogP contribution in [-0.2, 0) is 19.3 Å². The Morgan fingerprint density at radius 1 is 1.07 bits per heavy atom. The van der Waals surface area contributed by atoms with Crippen molar-refractivity contribution >= 4 is 0 Å². The van der Waals surface area contributed by atoms with E-state index in [2.05, 4.69) is 25.0 Å². The summed E-state index contributed by atoms with van der Waals surface area (Å²) in [5.74, 6) is 1.93. The largest absolute Gasteiger partial charge is 0.433 e. The van der Waals surface area contributed by atoms with Crippen LogP contribution >= 0.6 is 0 Å². The van der Waals surface area contributed by atoms with E-state index in [1.807, 2.05) is 0 Å². The van der Waals surface area contributed by atoms with Gasteiger partial charge in [0.1, 0.15) is 5.69 Å². The molecule has 1 saturated carbocycles. The molecule has 3 aliphatic heterocycles. The van der Waals surface area contributed by atoms with Gasteiger partial charge in [0.2, 0.25) is 11.8 Å². The van der Waals surface area contributed by atoms with Gasteiger partial charge in [-0.25, -0.2) is 0 Å². The van der Waals surface area contributed by atoms with Gasteiger partial charge in [-0.05, 0) is 30.9 Å². The Labute approximate surface area is 154 Å². The minimum Gasteiger partial charge on any atom is -0.424 e. The van der Waals surface area contributed by atoms with Crippen LogP contribution in [0.5, 0.6) is 0 Å². The molecule has 9 heteroatoms. The Bertz CT molecular complexity index is 805. The standard InChI is InChI=1S/C18H20F3N5O/c19-18(20,21)15-4-1-11(6-22-15)7-25-8-13-5-14(9-25)26(13)10-16-23-24-17(27-16)12-2-3-12/h1,4,6,12-14H,2-3,5,7-10H2. The fourth-order valence-electron chi connectivity index (χ4n) is 4.09. The fourth-order valence-corrected chi connectivity index (χ4v) is 4.09. The average Bonchev–Trinajstić information content (AvgIpc) is 3.38. The lowest BCUT2D eigenvalue weighted by molar-refractivity contribution is -0.141. The summed E-state index contributed by atoms with van der Waals surface area (Å²) in [6, 6.07) is 3.44. The lowest BCUT2D eigenvalue weighted by Crippen LogP contribution is -2.67. The highest BCUT2D eigenvalue weighted by Gasteiger charge is 2.45. The van der Waals surface area contributed by atoms with Gasteiger partial charge in [-0.3, -0.25) is 14.8 Å². The van der Waals surface area contributed by atoms with E-state index in [0.717, 1.165) is 49.9 Å². The Hall–Kier alpha value is -2.00. The molecule has 2 bridgehead atoms. The number of rotatable bonds is 5. The summed E-state index contributed by atoms with van der Waals surface area (Å²) in [7, 11) is 0. The van der Waals surface area contributed by atoms with Crippen molar-refractivity contribution in [2.24, 2.45) is 0 Å². The van der Waals surface area contributed by atoms with Crippen LogP contribution in [0, 0.1) is 0 Å². The molecule has 6 rings (SSSR count). The SMILES string of the molecule is FC(F)(F)c1ccc(CN2CC3CC(C2)N3Cc2nnc(C3CC3)o2)cn1. The molecule has 0 spiro atoms. The molecule has 2 atom stereocenters. The van der Waals surface area contributed by atoms with Crippen molar-refractivity contribution in [3.8, 4) is 0 Å². The van der Waals surface area contributed by atoms with Crippen LogP contribution in [0.15, 0.2) is 22.7 Å². The zero-order valence-corrected chi connectivity index (χ0v) is 14.7. The maximum Gasteiger partial charge on any atom is 0.433 e. The average molecular weight is 379 g/mol. The van der Waals surface area contributed by atoms with Crippen molar-refractivity contribution in [3.05, 3.63) is 41.4 Å². The highest BCUT2D eigenvalue weighted by Crippen LogP contribution is 2.40. The summed E-state index contributed by atoms with van der Waals surface area (Å²) in [6.07, 6.45) is 0.374. The third-order valence-electron chi connectivity index (χ3n) is 5.67. The van der Waals surface area contributed by atoms with Gasteiger partial charge in [0.25, 0.3) is 0 Å². The monoisotopic (exact) mass is 379 g/mol. The van der Waals surface area contributed by atoms with E-state index >= 15 is 0 Å². The molecule has 5 heterocycles. The summed E-state index contributed by atoms with van der Waals surface area (Å²) < 4.78 is 43.6. The van der Waals surface area contributed by atoms with Crippen molar-refractivity contribution in [3.63, 3.8) is 0 Å². The predicted molar refractivity (Wildman–Crippen MR) is 88.5 cm³/mol. The third-order valence-corrected chi connectivity index (χ3v) is 5.67. The van der Waals surface area contributed by atoms with Crippen molar-refractivity contribution in [2.75, 3.05) is 13.1 Å². The molecule has 0 N–H and O–H groups in total. The number of piperazine rings is 1. The second kappa shape index (κ2) is 6.27. The molecule has 6 nitrogen and oxygen atoms in total. The quantitative estimate of drug-likeness (QED) is 0.796. The molecular formula is C18H20F3N5O. The van der Waals surface area contributed by atoms with Crippen LogP contribution in [0.3, 0.4) is 0 Å². The number of hydrogen-bond donors (Lipinski definition) is 0. The Morgan fingerprint density at radius 2 is 1.85 bits per heavy atom. The zero-order valence-electron chi connectivity index (χ0n) is 14.7. The number of halogens is 3. The molecule has 2 aromatic rings. The van der Waals surface area contributed by atoms with Gasteiger partial charge in [-0.15, -0.1) is 10.2 Å². The van der Waals surface area contributed by atoms with E-state index in [0.29, 0.717) is 37.0 Å². The van der Waals surface area contributed by atoms with Gasteiger partial charge in [-0.1, -0.05) is 6.07 Å². The van der Waals surface area contributed by atoms with Crippen LogP contribution in [0.4, 0.5) is 13.2 Å². The number of fused-ring (bicyclic) bond motifs is 2. The first-order chi connectivity index (χ1) is 13.0. The number of aromatic nitrogens is 3. The molecule has 0 radical (unpaired) electrons. The van der Waals surface area contributed by atoms with Crippen LogP contribution in [0.2, 0.25) is 0 Å². The zero-order chi connectivity index (χ0) is 18.6. The van der Waals surface area contributed by atoms with Gasteiger partial charge in [0.15, 0.2) is 0 Å². The molecule has 1 aliphatic carbocycles. The second-order valence-corrected chi connectivity index (χ2v) is 7.77. The van der Waals surface area contributed by atoms with E-state index in [1.165, 1.54) is 12.3 Å². The van der Waals surface area contributed by atoms with Gasteiger partial charge in [0.05, 0.1) is 6.54 Å². The van der Waals surface area contributed by atoms with Crippen molar-refractivity contribution in [1.82, 2.24) is 25.0 Å². The van der Waals surface area contributed by atoms with E-state index in [9.17, 15) is 13.2 Å². The summed E-state index contributed by atoms with van der Waals surface area (Å²) >= 11 is 0. The first kappa shape index (κ1) is 17.1. The molecule has 4 aliphatic rings. The van der Waals surface area contributed by atoms with Crippen molar-refractivity contribution in [1.29, 1.82) is 0 Å². The number of nitrogens with zero attached hydrogens (tertiary/aromatic N) is 5. The second-order valence-electron chi connectivity index (χ2n) is 7.77. The minimum absolute atomic E-state index is 0.433. The topological polar surface area (TPSA) is 58.3 Å². The summed E-state index contributed by atoms with van der Waals surface area (Å²) in [5, 5.41) is 8.31. The minimum atomic E-state index is -4.39. The summed E-state index contributed by atoms with van der Waals surface area (Å²) in [6.45, 7) is 3.09. The van der Waals surface area contributed by atoms with Crippen LogP contribution in [0.25, 0.3) is 0 Å². The molecule has 4 fully saturated rings. The smallest absolute Gasteiger partial charge is 0.424 e. The molecule has 27 heavy (non-hydrogen) atoms. The summed E-state index contributed by atoms with van der Waals surface area (Å²) in [5.41, 5.74) is -0.0362. The lowest BCUT2D eigenvalue weighted by atomic mass is 9.87. The van der Waals surface area contributed by atoms with Crippen LogP contribution in [0.1, 0.15) is 48.2 Å². The maximum absolute atomic E-state index is 12.6. The lowest BCUT2D eigenvalue weighted by Gasteiger charge is -2.56. The molecule has 0 amide bonds. The molecular weight excluding hydrogens is 359 g/mol. The van der Waals surface area contributed by atoms with Crippen LogP contribution < -0.4 is 0 Å². The molecule has 144 valence electrons. The molecule has 2 unspecified atom stereocenters.